The lowest BCUT2D eigenvalue weighted by molar-refractivity contribution is -0.120. The monoisotopic (exact) mass is 460 g/mol. The average molecular weight is 461 g/mol. The number of amides is 1. The Kier molecular flexibility index (Phi) is 7.66. The van der Waals surface area contributed by atoms with Gasteiger partial charge in [-0.2, -0.15) is 0 Å². The second-order valence-corrected chi connectivity index (χ2v) is 9.98. The van der Waals surface area contributed by atoms with Gasteiger partial charge < -0.3 is 14.8 Å². The summed E-state index contributed by atoms with van der Waals surface area (Å²) in [5.74, 6) is 0.422. The van der Waals surface area contributed by atoms with E-state index < -0.39 is 10.0 Å². The highest BCUT2D eigenvalue weighted by Crippen LogP contribution is 2.34. The smallest absolute Gasteiger partial charge is 0.241 e. The molecule has 0 bridgehead atoms. The molecule has 1 atom stereocenters. The van der Waals surface area contributed by atoms with E-state index in [-0.39, 0.29) is 24.2 Å². The first-order valence-corrected chi connectivity index (χ1v) is 12.7. The molecule has 7 nitrogen and oxygen atoms in total. The molecule has 1 aliphatic carbocycles. The Morgan fingerprint density at radius 3 is 2.41 bits per heavy atom. The maximum absolute atomic E-state index is 13.0. The van der Waals surface area contributed by atoms with Crippen molar-refractivity contribution in [2.45, 2.75) is 45.1 Å². The molecule has 8 heteroatoms. The number of methoxy groups -OCH3 is 2. The number of hydrogen-bond donors (Lipinski definition) is 1. The van der Waals surface area contributed by atoms with Crippen molar-refractivity contribution in [1.29, 1.82) is 0 Å². The summed E-state index contributed by atoms with van der Waals surface area (Å²) < 4.78 is 36.7. The SMILES string of the molecule is CC[C@@H](NC(=O)CN(c1cc(OC)ccc1OC)S(C)(=O)=O)c1ccc2c(c1)CCCC2. The number of rotatable bonds is 9. The van der Waals surface area contributed by atoms with E-state index in [0.717, 1.165) is 29.0 Å². The first kappa shape index (κ1) is 23.9. The molecule has 3 rings (SSSR count). The average Bonchev–Trinajstić information content (AvgIpc) is 2.79. The predicted octanol–water partition coefficient (Wildman–Crippen LogP) is 3.62. The van der Waals surface area contributed by atoms with Crippen molar-refractivity contribution in [1.82, 2.24) is 5.32 Å². The molecule has 1 N–H and O–H groups in total. The third-order valence-corrected chi connectivity index (χ3v) is 6.99. The molecule has 0 heterocycles. The summed E-state index contributed by atoms with van der Waals surface area (Å²) in [5, 5.41) is 3.01. The van der Waals surface area contributed by atoms with E-state index in [0.29, 0.717) is 17.9 Å². The number of aryl methyl sites for hydroxylation is 2. The van der Waals surface area contributed by atoms with Gasteiger partial charge in [0.2, 0.25) is 15.9 Å². The van der Waals surface area contributed by atoms with Crippen LogP contribution in [0.5, 0.6) is 11.5 Å². The first-order chi connectivity index (χ1) is 15.3. The number of sulfonamides is 1. The van der Waals surface area contributed by atoms with Crippen LogP contribution in [-0.2, 0) is 27.7 Å². The molecule has 0 saturated heterocycles. The number of carbonyl (C=O) groups excluding carboxylic acids is 1. The molecule has 0 unspecified atom stereocenters. The van der Waals surface area contributed by atoms with E-state index in [2.05, 4.69) is 23.5 Å². The van der Waals surface area contributed by atoms with Gasteiger partial charge in [0.05, 0.1) is 32.2 Å². The van der Waals surface area contributed by atoms with Gasteiger partial charge in [0, 0.05) is 6.07 Å². The van der Waals surface area contributed by atoms with Crippen LogP contribution in [0, 0.1) is 0 Å². The second-order valence-electron chi connectivity index (χ2n) is 8.07. The van der Waals surface area contributed by atoms with Crippen molar-refractivity contribution in [3.63, 3.8) is 0 Å². The van der Waals surface area contributed by atoms with Crippen LogP contribution in [0.3, 0.4) is 0 Å². The van der Waals surface area contributed by atoms with Crippen molar-refractivity contribution >= 4 is 21.6 Å². The number of nitrogens with zero attached hydrogens (tertiary/aromatic N) is 1. The van der Waals surface area contributed by atoms with Crippen LogP contribution in [0.1, 0.15) is 48.9 Å². The zero-order chi connectivity index (χ0) is 23.3. The van der Waals surface area contributed by atoms with E-state index in [4.69, 9.17) is 9.47 Å². The number of carbonyl (C=O) groups is 1. The highest BCUT2D eigenvalue weighted by molar-refractivity contribution is 7.92. The normalized spacial score (nSPS) is 14.2. The number of anilines is 1. The quantitative estimate of drug-likeness (QED) is 0.618. The van der Waals surface area contributed by atoms with Crippen LogP contribution in [0.2, 0.25) is 0 Å². The molecule has 1 aliphatic rings. The third-order valence-electron chi connectivity index (χ3n) is 5.86. The van der Waals surface area contributed by atoms with Crippen molar-refractivity contribution < 1.29 is 22.7 Å². The first-order valence-electron chi connectivity index (χ1n) is 10.9. The summed E-state index contributed by atoms with van der Waals surface area (Å²) in [6, 6.07) is 11.1. The van der Waals surface area contributed by atoms with Gasteiger partial charge in [-0.05, 0) is 60.9 Å². The van der Waals surface area contributed by atoms with Crippen LogP contribution in [0.25, 0.3) is 0 Å². The summed E-state index contributed by atoms with van der Waals surface area (Å²) in [4.78, 5) is 13.0. The number of hydrogen-bond acceptors (Lipinski definition) is 5. The van der Waals surface area contributed by atoms with Crippen molar-refractivity contribution in [2.75, 3.05) is 31.3 Å². The number of nitrogens with one attached hydrogen (secondary N) is 1. The molecule has 0 radical (unpaired) electrons. The van der Waals surface area contributed by atoms with Crippen molar-refractivity contribution in [2.24, 2.45) is 0 Å². The fraction of sp³-hybridized carbons (Fsp3) is 0.458. The van der Waals surface area contributed by atoms with Gasteiger partial charge in [0.15, 0.2) is 0 Å². The third kappa shape index (κ3) is 5.54. The van der Waals surface area contributed by atoms with Gasteiger partial charge in [-0.3, -0.25) is 9.10 Å². The maximum Gasteiger partial charge on any atom is 0.241 e. The summed E-state index contributed by atoms with van der Waals surface area (Å²) in [5.41, 5.74) is 4.03. The molecule has 2 aromatic carbocycles. The van der Waals surface area contributed by atoms with E-state index in [1.807, 2.05) is 6.92 Å². The number of benzene rings is 2. The van der Waals surface area contributed by atoms with Gasteiger partial charge in [-0.25, -0.2) is 8.42 Å². The Hall–Kier alpha value is -2.74. The van der Waals surface area contributed by atoms with E-state index >= 15 is 0 Å². The minimum atomic E-state index is -3.75. The highest BCUT2D eigenvalue weighted by Gasteiger charge is 2.26. The fourth-order valence-corrected chi connectivity index (χ4v) is 4.99. The Morgan fingerprint density at radius 2 is 1.78 bits per heavy atom. The van der Waals surface area contributed by atoms with Crippen LogP contribution < -0.4 is 19.1 Å². The molecule has 1 amide bonds. The van der Waals surface area contributed by atoms with Gasteiger partial charge in [0.1, 0.15) is 18.0 Å². The zero-order valence-corrected chi connectivity index (χ0v) is 20.0. The van der Waals surface area contributed by atoms with E-state index in [9.17, 15) is 13.2 Å². The summed E-state index contributed by atoms with van der Waals surface area (Å²) >= 11 is 0. The van der Waals surface area contributed by atoms with Crippen molar-refractivity contribution in [3.05, 3.63) is 53.1 Å². The summed E-state index contributed by atoms with van der Waals surface area (Å²) in [7, 11) is -0.806. The Bertz CT molecular complexity index is 1070. The van der Waals surface area contributed by atoms with Gasteiger partial charge in [-0.15, -0.1) is 0 Å². The fourth-order valence-electron chi connectivity index (χ4n) is 4.13. The van der Waals surface area contributed by atoms with Gasteiger partial charge >= 0.3 is 0 Å². The van der Waals surface area contributed by atoms with Gasteiger partial charge in [-0.1, -0.05) is 25.1 Å². The summed E-state index contributed by atoms with van der Waals surface area (Å²) in [6.45, 7) is 1.65. The van der Waals surface area contributed by atoms with E-state index in [1.165, 1.54) is 38.2 Å². The number of fused-ring (bicyclic) bond motifs is 1. The standard InChI is InChI=1S/C24H32N2O5S/c1-5-21(19-11-10-17-8-6-7-9-18(17)14-19)25-24(27)16-26(32(4,28)29)22-15-20(30-2)12-13-23(22)31-3/h10-15,21H,5-9,16H2,1-4H3,(H,25,27)/t21-/m1/s1. The predicted molar refractivity (Wildman–Crippen MR) is 126 cm³/mol. The molecule has 174 valence electrons. The van der Waals surface area contributed by atoms with Crippen molar-refractivity contribution in [3.8, 4) is 11.5 Å². The molecule has 32 heavy (non-hydrogen) atoms. The van der Waals surface area contributed by atoms with Crippen LogP contribution >= 0.6 is 0 Å². The molecule has 0 aliphatic heterocycles. The number of ether oxygens (including phenoxy) is 2. The minimum Gasteiger partial charge on any atom is -0.497 e. The Morgan fingerprint density at radius 1 is 1.06 bits per heavy atom. The Balaban J connectivity index is 1.83. The lowest BCUT2D eigenvalue weighted by Gasteiger charge is -2.26. The zero-order valence-electron chi connectivity index (χ0n) is 19.2. The molecular weight excluding hydrogens is 428 g/mol. The summed E-state index contributed by atoms with van der Waals surface area (Å²) in [6.07, 6.45) is 6.34. The maximum atomic E-state index is 13.0. The van der Waals surface area contributed by atoms with Crippen LogP contribution in [0.4, 0.5) is 5.69 Å². The van der Waals surface area contributed by atoms with E-state index in [1.54, 1.807) is 18.2 Å². The molecule has 0 saturated carbocycles. The Labute approximate surface area is 190 Å². The lowest BCUT2D eigenvalue weighted by Crippen LogP contribution is -2.41. The molecular formula is C24H32N2O5S. The minimum absolute atomic E-state index is 0.191. The van der Waals surface area contributed by atoms with Crippen LogP contribution in [-0.4, -0.2) is 41.3 Å². The van der Waals surface area contributed by atoms with Crippen LogP contribution in [0.15, 0.2) is 36.4 Å². The highest BCUT2D eigenvalue weighted by atomic mass is 32.2. The molecule has 0 aromatic heterocycles. The molecule has 2 aromatic rings. The topological polar surface area (TPSA) is 84.9 Å². The van der Waals surface area contributed by atoms with Gasteiger partial charge in [0.25, 0.3) is 0 Å². The molecule has 0 spiro atoms. The largest absolute Gasteiger partial charge is 0.497 e. The lowest BCUT2D eigenvalue weighted by atomic mass is 9.89. The molecule has 0 fully saturated rings. The second kappa shape index (κ2) is 10.3.